The number of ether oxygens (including phenoxy) is 2. The van der Waals surface area contributed by atoms with Crippen molar-refractivity contribution >= 4 is 41.4 Å². The predicted molar refractivity (Wildman–Crippen MR) is 112 cm³/mol. The fraction of sp³-hybridized carbons (Fsp3) is 0.333. The molecule has 154 valence electrons. The van der Waals surface area contributed by atoms with E-state index < -0.39 is 11.6 Å². The van der Waals surface area contributed by atoms with Crippen LogP contribution in [-0.4, -0.2) is 42.8 Å². The van der Waals surface area contributed by atoms with Crippen LogP contribution in [0, 0.1) is 0 Å². The maximum atomic E-state index is 12.3. The molecule has 0 radical (unpaired) electrons. The van der Waals surface area contributed by atoms with Crippen molar-refractivity contribution in [3.63, 3.8) is 0 Å². The summed E-state index contributed by atoms with van der Waals surface area (Å²) in [6.45, 7) is 1.30. The van der Waals surface area contributed by atoms with Gasteiger partial charge in [-0.2, -0.15) is 0 Å². The maximum Gasteiger partial charge on any atom is 0.411 e. The Morgan fingerprint density at radius 1 is 1.10 bits per heavy atom. The molecule has 2 amide bonds. The Labute approximate surface area is 179 Å². The fourth-order valence-corrected chi connectivity index (χ4v) is 3.68. The van der Waals surface area contributed by atoms with E-state index in [0.29, 0.717) is 48.3 Å². The molecule has 0 spiro atoms. The van der Waals surface area contributed by atoms with E-state index in [4.69, 9.17) is 32.7 Å². The molecule has 1 aliphatic heterocycles. The number of para-hydroxylation sites is 1. The zero-order chi connectivity index (χ0) is 20.7. The highest BCUT2D eigenvalue weighted by molar-refractivity contribution is 6.33. The van der Waals surface area contributed by atoms with Crippen LogP contribution in [0.1, 0.15) is 18.4 Å². The Hall–Kier alpha value is -2.28. The van der Waals surface area contributed by atoms with Gasteiger partial charge >= 0.3 is 6.09 Å². The monoisotopic (exact) mass is 436 g/mol. The van der Waals surface area contributed by atoms with E-state index in [1.165, 1.54) is 0 Å². The third-order valence-corrected chi connectivity index (χ3v) is 5.74. The van der Waals surface area contributed by atoms with Gasteiger partial charge in [-0.1, -0.05) is 53.5 Å². The molecule has 1 aliphatic rings. The Morgan fingerprint density at radius 3 is 2.41 bits per heavy atom. The highest BCUT2D eigenvalue weighted by Crippen LogP contribution is 2.31. The van der Waals surface area contributed by atoms with Gasteiger partial charge in [0.25, 0.3) is 0 Å². The van der Waals surface area contributed by atoms with Crippen LogP contribution in [0.2, 0.25) is 10.0 Å². The van der Waals surface area contributed by atoms with Gasteiger partial charge in [-0.05, 0) is 36.6 Å². The van der Waals surface area contributed by atoms with Gasteiger partial charge in [0.15, 0.2) is 0 Å². The molecular weight excluding hydrogens is 415 g/mol. The van der Waals surface area contributed by atoms with Crippen LogP contribution in [0.25, 0.3) is 0 Å². The first kappa shape index (κ1) is 21.4. The maximum absolute atomic E-state index is 12.3. The number of halogens is 2. The van der Waals surface area contributed by atoms with Crippen LogP contribution in [0.5, 0.6) is 0 Å². The second-order valence-corrected chi connectivity index (χ2v) is 7.66. The lowest BCUT2D eigenvalue weighted by atomic mass is 9.88. The van der Waals surface area contributed by atoms with E-state index in [2.05, 4.69) is 5.32 Å². The largest absolute Gasteiger partial charge is 0.447 e. The van der Waals surface area contributed by atoms with Crippen LogP contribution in [0.15, 0.2) is 48.5 Å². The molecule has 3 rings (SSSR count). The molecule has 1 saturated heterocycles. The first-order chi connectivity index (χ1) is 14.0. The Kier molecular flexibility index (Phi) is 7.36. The lowest BCUT2D eigenvalue weighted by molar-refractivity contribution is -0.132. The summed E-state index contributed by atoms with van der Waals surface area (Å²) in [6, 6.07) is 14.3. The van der Waals surface area contributed by atoms with Gasteiger partial charge in [-0.15, -0.1) is 0 Å². The van der Waals surface area contributed by atoms with Gasteiger partial charge < -0.3 is 14.4 Å². The molecular formula is C21H22Cl2N2O4. The average Bonchev–Trinajstić information content (AvgIpc) is 2.74. The predicted octanol–water partition coefficient (Wildman–Crippen LogP) is 4.75. The Bertz CT molecular complexity index is 856. The first-order valence-corrected chi connectivity index (χ1v) is 10.0. The fourth-order valence-electron chi connectivity index (χ4n) is 3.30. The number of hydrogen-bond acceptors (Lipinski definition) is 4. The van der Waals surface area contributed by atoms with E-state index in [-0.39, 0.29) is 6.61 Å². The van der Waals surface area contributed by atoms with Crippen LogP contribution in [0.3, 0.4) is 0 Å². The molecule has 0 aliphatic carbocycles. The number of carbonyl (C=O) groups is 2. The topological polar surface area (TPSA) is 67.9 Å². The minimum absolute atomic E-state index is 0.0375. The zero-order valence-electron chi connectivity index (χ0n) is 15.8. The van der Waals surface area contributed by atoms with Crippen molar-refractivity contribution in [3.8, 4) is 0 Å². The van der Waals surface area contributed by atoms with Gasteiger partial charge in [-0.3, -0.25) is 10.1 Å². The summed E-state index contributed by atoms with van der Waals surface area (Å²) in [6.07, 6.45) is 1.25. The summed E-state index contributed by atoms with van der Waals surface area (Å²) < 4.78 is 11.0. The van der Waals surface area contributed by atoms with Crippen molar-refractivity contribution in [3.05, 3.63) is 64.1 Å². The zero-order valence-corrected chi connectivity index (χ0v) is 17.3. The summed E-state index contributed by atoms with van der Waals surface area (Å²) in [7, 11) is 0. The van der Waals surface area contributed by atoms with Gasteiger partial charge in [0.1, 0.15) is 6.61 Å². The van der Waals surface area contributed by atoms with Crippen molar-refractivity contribution in [1.82, 2.24) is 4.90 Å². The van der Waals surface area contributed by atoms with Crippen molar-refractivity contribution in [2.75, 3.05) is 25.1 Å². The lowest BCUT2D eigenvalue weighted by Crippen LogP contribution is -2.55. The van der Waals surface area contributed by atoms with Crippen molar-refractivity contribution in [1.29, 1.82) is 0 Å². The van der Waals surface area contributed by atoms with Crippen molar-refractivity contribution in [2.45, 2.75) is 24.9 Å². The second kappa shape index (κ2) is 9.96. The van der Waals surface area contributed by atoms with Gasteiger partial charge in [-0.25, -0.2) is 4.79 Å². The minimum atomic E-state index is -0.670. The normalized spacial score (nSPS) is 15.4. The molecule has 1 fully saturated rings. The van der Waals surface area contributed by atoms with Crippen molar-refractivity contribution < 1.29 is 19.1 Å². The minimum Gasteiger partial charge on any atom is -0.447 e. The summed E-state index contributed by atoms with van der Waals surface area (Å²) in [5.41, 5.74) is 0.618. The Morgan fingerprint density at radius 2 is 1.76 bits per heavy atom. The number of nitrogens with one attached hydrogen (secondary N) is 1. The average molecular weight is 437 g/mol. The SMILES string of the molecule is O=CN(Cc1ccccc1Cl)C1(COC(=O)Nc2ccccc2Cl)CCOCC1. The smallest absolute Gasteiger partial charge is 0.411 e. The second-order valence-electron chi connectivity index (χ2n) is 6.84. The molecule has 2 aromatic rings. The highest BCUT2D eigenvalue weighted by Gasteiger charge is 2.40. The van der Waals surface area contributed by atoms with Gasteiger partial charge in [0, 0.05) is 24.8 Å². The van der Waals surface area contributed by atoms with E-state index in [0.717, 1.165) is 12.0 Å². The Balaban J connectivity index is 1.72. The van der Waals surface area contributed by atoms with Crippen LogP contribution in [0.4, 0.5) is 10.5 Å². The van der Waals surface area contributed by atoms with E-state index in [1.807, 2.05) is 18.2 Å². The molecule has 0 atom stereocenters. The summed E-state index contributed by atoms with van der Waals surface area (Å²) in [4.78, 5) is 25.9. The molecule has 0 saturated carbocycles. The molecule has 1 heterocycles. The van der Waals surface area contributed by atoms with E-state index in [9.17, 15) is 9.59 Å². The number of hydrogen-bond donors (Lipinski definition) is 1. The van der Waals surface area contributed by atoms with E-state index >= 15 is 0 Å². The summed E-state index contributed by atoms with van der Waals surface area (Å²) in [5.74, 6) is 0. The van der Waals surface area contributed by atoms with Gasteiger partial charge in [0.2, 0.25) is 6.41 Å². The van der Waals surface area contributed by atoms with E-state index in [1.54, 1.807) is 35.2 Å². The molecule has 0 bridgehead atoms. The molecule has 2 aromatic carbocycles. The van der Waals surface area contributed by atoms with Gasteiger partial charge in [0.05, 0.1) is 16.2 Å². The third-order valence-electron chi connectivity index (χ3n) is 5.04. The number of rotatable bonds is 7. The quantitative estimate of drug-likeness (QED) is 0.635. The number of amides is 2. The van der Waals surface area contributed by atoms with Crippen LogP contribution in [-0.2, 0) is 20.8 Å². The number of anilines is 1. The molecule has 0 aromatic heterocycles. The highest BCUT2D eigenvalue weighted by atomic mass is 35.5. The molecule has 29 heavy (non-hydrogen) atoms. The van der Waals surface area contributed by atoms with Crippen LogP contribution >= 0.6 is 23.2 Å². The lowest BCUT2D eigenvalue weighted by Gasteiger charge is -2.44. The molecule has 1 N–H and O–H groups in total. The summed E-state index contributed by atoms with van der Waals surface area (Å²) >= 11 is 12.3. The van der Waals surface area contributed by atoms with Crippen LogP contribution < -0.4 is 5.32 Å². The summed E-state index contributed by atoms with van der Waals surface area (Å²) in [5, 5.41) is 3.63. The van der Waals surface area contributed by atoms with Crippen molar-refractivity contribution in [2.24, 2.45) is 0 Å². The number of nitrogens with zero attached hydrogens (tertiary/aromatic N) is 1. The molecule has 8 heteroatoms. The third kappa shape index (κ3) is 5.41. The number of carbonyl (C=O) groups excluding carboxylic acids is 2. The standard InChI is InChI=1S/C21H22Cl2N2O4/c22-17-6-2-1-5-16(17)13-25(15-26)21(9-11-28-12-10-21)14-29-20(27)24-19-8-4-3-7-18(19)23/h1-8,15H,9-14H2,(H,24,27). The molecule has 6 nitrogen and oxygen atoms in total. The molecule has 0 unspecified atom stereocenters. The first-order valence-electron chi connectivity index (χ1n) is 9.25. The number of benzene rings is 2.